The Balaban J connectivity index is 5.09. The van der Waals surface area contributed by atoms with Crippen molar-refractivity contribution in [3.05, 3.63) is 71.4 Å². The summed E-state index contributed by atoms with van der Waals surface area (Å²) in [7, 11) is 0. The topological polar surface area (TPSA) is 0 Å². The van der Waals surface area contributed by atoms with Gasteiger partial charge in [-0.05, 0) is 57.8 Å². The molecule has 0 aromatic carbocycles. The standard InChI is InChI=1S/C21H28/c1-7-10-12-15-21(13-9-3)17-20(6)19(5)16-18(4)14-11-8-2/h8-9,11,13-14,16-17H,3,12,15H2,1-2,4-6H3/b11-8-,18-14-,19-16+,20-17+,21-13-. The summed E-state index contributed by atoms with van der Waals surface area (Å²) in [6.45, 7) is 14.1. The molecule has 0 saturated heterocycles. The van der Waals surface area contributed by atoms with Crippen molar-refractivity contribution in [2.24, 2.45) is 0 Å². The van der Waals surface area contributed by atoms with Crippen LogP contribution in [0.3, 0.4) is 0 Å². The monoisotopic (exact) mass is 280 g/mol. The minimum atomic E-state index is 0.892. The van der Waals surface area contributed by atoms with Crippen LogP contribution in [0.2, 0.25) is 0 Å². The Morgan fingerprint density at radius 2 is 1.71 bits per heavy atom. The zero-order valence-corrected chi connectivity index (χ0v) is 14.2. The number of hydrogen-bond donors (Lipinski definition) is 0. The first-order valence-electron chi connectivity index (χ1n) is 7.42. The van der Waals surface area contributed by atoms with E-state index in [-0.39, 0.29) is 0 Å². The fourth-order valence-electron chi connectivity index (χ4n) is 1.83. The molecule has 0 heteroatoms. The van der Waals surface area contributed by atoms with E-state index in [1.807, 2.05) is 26.0 Å². The second-order valence-corrected chi connectivity index (χ2v) is 5.00. The van der Waals surface area contributed by atoms with E-state index in [9.17, 15) is 0 Å². The molecule has 0 unspecified atom stereocenters. The van der Waals surface area contributed by atoms with Crippen LogP contribution in [-0.2, 0) is 0 Å². The Bertz CT molecular complexity index is 534. The highest BCUT2D eigenvalue weighted by Crippen LogP contribution is 2.17. The minimum Gasteiger partial charge on any atom is -0.107 e. The van der Waals surface area contributed by atoms with Gasteiger partial charge in [-0.25, -0.2) is 0 Å². The van der Waals surface area contributed by atoms with Crippen molar-refractivity contribution in [1.29, 1.82) is 0 Å². The lowest BCUT2D eigenvalue weighted by Gasteiger charge is -2.05. The quantitative estimate of drug-likeness (QED) is 0.378. The second kappa shape index (κ2) is 11.8. The summed E-state index contributed by atoms with van der Waals surface area (Å²) in [5.41, 5.74) is 5.09. The highest BCUT2D eigenvalue weighted by molar-refractivity contribution is 5.40. The maximum Gasteiger partial charge on any atom is 0.0129 e. The lowest BCUT2D eigenvalue weighted by Crippen LogP contribution is -1.85. The van der Waals surface area contributed by atoms with E-state index < -0.39 is 0 Å². The van der Waals surface area contributed by atoms with Gasteiger partial charge in [0.25, 0.3) is 0 Å². The van der Waals surface area contributed by atoms with Crippen LogP contribution in [0.1, 0.15) is 47.5 Å². The zero-order chi connectivity index (χ0) is 16.1. The third-order valence-electron chi connectivity index (χ3n) is 3.07. The molecule has 112 valence electrons. The summed E-state index contributed by atoms with van der Waals surface area (Å²) < 4.78 is 0. The molecule has 0 fully saturated rings. The van der Waals surface area contributed by atoms with Crippen molar-refractivity contribution in [1.82, 2.24) is 0 Å². The van der Waals surface area contributed by atoms with Crippen LogP contribution in [0.4, 0.5) is 0 Å². The van der Waals surface area contributed by atoms with Crippen LogP contribution in [-0.4, -0.2) is 0 Å². The van der Waals surface area contributed by atoms with Crippen LogP contribution in [0.25, 0.3) is 0 Å². The average Bonchev–Trinajstić information content (AvgIpc) is 2.45. The Hall–Kier alpha value is -2.00. The van der Waals surface area contributed by atoms with E-state index in [2.05, 4.69) is 69.6 Å². The summed E-state index contributed by atoms with van der Waals surface area (Å²) in [5, 5.41) is 0. The zero-order valence-electron chi connectivity index (χ0n) is 14.2. The third-order valence-corrected chi connectivity index (χ3v) is 3.07. The van der Waals surface area contributed by atoms with Gasteiger partial charge in [0.05, 0.1) is 0 Å². The van der Waals surface area contributed by atoms with Crippen molar-refractivity contribution in [2.75, 3.05) is 0 Å². The highest BCUT2D eigenvalue weighted by Gasteiger charge is 1.97. The fraction of sp³-hybridized carbons (Fsp3) is 0.333. The molecule has 0 aliphatic heterocycles. The molecule has 0 atom stereocenters. The third kappa shape index (κ3) is 9.52. The van der Waals surface area contributed by atoms with E-state index in [0.29, 0.717) is 0 Å². The van der Waals surface area contributed by atoms with Crippen molar-refractivity contribution < 1.29 is 0 Å². The Labute approximate surface area is 131 Å². The van der Waals surface area contributed by atoms with Gasteiger partial charge in [-0.3, -0.25) is 0 Å². The molecule has 0 nitrogen and oxygen atoms in total. The maximum atomic E-state index is 3.79. The first-order chi connectivity index (χ1) is 10.0. The summed E-state index contributed by atoms with van der Waals surface area (Å²) in [6.07, 6.45) is 16.4. The van der Waals surface area contributed by atoms with Crippen LogP contribution in [0, 0.1) is 11.8 Å². The van der Waals surface area contributed by atoms with Gasteiger partial charge in [0.1, 0.15) is 0 Å². The predicted octanol–water partition coefficient (Wildman–Crippen LogP) is 6.32. The predicted molar refractivity (Wildman–Crippen MR) is 97.0 cm³/mol. The first kappa shape index (κ1) is 19.0. The molecule has 0 rings (SSSR count). The summed E-state index contributed by atoms with van der Waals surface area (Å²) in [6, 6.07) is 0. The summed E-state index contributed by atoms with van der Waals surface area (Å²) in [5.74, 6) is 6.05. The van der Waals surface area contributed by atoms with E-state index in [1.54, 1.807) is 0 Å². The molecular formula is C21H28. The van der Waals surface area contributed by atoms with Gasteiger partial charge >= 0.3 is 0 Å². The van der Waals surface area contributed by atoms with E-state index >= 15 is 0 Å². The van der Waals surface area contributed by atoms with Crippen molar-refractivity contribution in [3.8, 4) is 11.8 Å². The number of hydrogen-bond acceptors (Lipinski definition) is 0. The van der Waals surface area contributed by atoms with E-state index in [0.717, 1.165) is 12.8 Å². The van der Waals surface area contributed by atoms with Gasteiger partial charge < -0.3 is 0 Å². The highest BCUT2D eigenvalue weighted by atomic mass is 14.0. The fourth-order valence-corrected chi connectivity index (χ4v) is 1.83. The average molecular weight is 280 g/mol. The molecule has 0 aliphatic rings. The van der Waals surface area contributed by atoms with Crippen molar-refractivity contribution >= 4 is 0 Å². The number of rotatable bonds is 7. The molecule has 21 heavy (non-hydrogen) atoms. The molecule has 0 aromatic heterocycles. The van der Waals surface area contributed by atoms with Crippen molar-refractivity contribution in [2.45, 2.75) is 47.5 Å². The summed E-state index contributed by atoms with van der Waals surface area (Å²) >= 11 is 0. The lowest BCUT2D eigenvalue weighted by atomic mass is 10.0. The molecule has 0 heterocycles. The van der Waals surface area contributed by atoms with Crippen LogP contribution in [0.5, 0.6) is 0 Å². The van der Waals surface area contributed by atoms with Crippen LogP contribution in [0.15, 0.2) is 71.4 Å². The number of allylic oxidation sites excluding steroid dienone is 11. The van der Waals surface area contributed by atoms with Gasteiger partial charge in [-0.2, -0.15) is 0 Å². The molecular weight excluding hydrogens is 252 g/mol. The molecule has 0 amide bonds. The van der Waals surface area contributed by atoms with Gasteiger partial charge in [0, 0.05) is 6.42 Å². The molecule has 0 N–H and O–H groups in total. The van der Waals surface area contributed by atoms with Gasteiger partial charge in [0.15, 0.2) is 0 Å². The Morgan fingerprint density at radius 3 is 2.29 bits per heavy atom. The Kier molecular flexibility index (Phi) is 10.7. The van der Waals surface area contributed by atoms with E-state index in [1.165, 1.54) is 22.3 Å². The van der Waals surface area contributed by atoms with Crippen molar-refractivity contribution in [3.63, 3.8) is 0 Å². The largest absolute Gasteiger partial charge is 0.107 e. The minimum absolute atomic E-state index is 0.892. The van der Waals surface area contributed by atoms with E-state index in [4.69, 9.17) is 0 Å². The SMILES string of the molecule is C=C\C=C(/C=C(C)/C(C)=C/C(C)=C\C=C/C)CCC#CC. The molecule has 0 aromatic rings. The van der Waals surface area contributed by atoms with Gasteiger partial charge in [-0.1, -0.05) is 54.7 Å². The first-order valence-corrected chi connectivity index (χ1v) is 7.42. The molecule has 0 bridgehead atoms. The van der Waals surface area contributed by atoms with Crippen LogP contribution >= 0.6 is 0 Å². The molecule has 0 saturated carbocycles. The Morgan fingerprint density at radius 1 is 1.05 bits per heavy atom. The summed E-state index contributed by atoms with van der Waals surface area (Å²) in [4.78, 5) is 0. The maximum absolute atomic E-state index is 3.79. The molecule has 0 radical (unpaired) electrons. The molecule has 0 aliphatic carbocycles. The van der Waals surface area contributed by atoms with Gasteiger partial charge in [0.2, 0.25) is 0 Å². The lowest BCUT2D eigenvalue weighted by molar-refractivity contribution is 1.03. The molecule has 0 spiro atoms. The normalized spacial score (nSPS) is 14.1. The second-order valence-electron chi connectivity index (χ2n) is 5.00. The van der Waals surface area contributed by atoms with Crippen LogP contribution < -0.4 is 0 Å². The van der Waals surface area contributed by atoms with Gasteiger partial charge in [-0.15, -0.1) is 11.8 Å². The smallest absolute Gasteiger partial charge is 0.0129 e.